The van der Waals surface area contributed by atoms with Crippen LogP contribution in [0.5, 0.6) is 0 Å². The molecule has 0 radical (unpaired) electrons. The highest BCUT2D eigenvalue weighted by molar-refractivity contribution is 6.31. The first-order valence-corrected chi connectivity index (χ1v) is 9.42. The van der Waals surface area contributed by atoms with Gasteiger partial charge < -0.3 is 5.32 Å². The van der Waals surface area contributed by atoms with Crippen LogP contribution in [0, 0.1) is 12.7 Å². The van der Waals surface area contributed by atoms with E-state index in [0.717, 1.165) is 36.1 Å². The molecule has 1 amide bonds. The lowest BCUT2D eigenvalue weighted by atomic mass is 10.1. The molecule has 1 aliphatic carbocycles. The van der Waals surface area contributed by atoms with E-state index in [9.17, 15) is 9.18 Å². The number of nitrogens with zero attached hydrogens (tertiary/aromatic N) is 1. The van der Waals surface area contributed by atoms with Crippen molar-refractivity contribution >= 4 is 23.2 Å². The summed E-state index contributed by atoms with van der Waals surface area (Å²) in [6.45, 7) is 4.64. The maximum Gasteiger partial charge on any atom is 0.238 e. The van der Waals surface area contributed by atoms with Gasteiger partial charge in [-0.2, -0.15) is 0 Å². The molecule has 0 saturated heterocycles. The van der Waals surface area contributed by atoms with E-state index in [2.05, 4.69) is 12.2 Å². The number of carbonyl (C=O) groups is 1. The largest absolute Gasteiger partial charge is 0.324 e. The number of halogens is 2. The Morgan fingerprint density at radius 3 is 2.65 bits per heavy atom. The molecule has 0 atom stereocenters. The molecule has 0 aromatic heterocycles. The average molecular weight is 375 g/mol. The Morgan fingerprint density at radius 1 is 1.27 bits per heavy atom. The van der Waals surface area contributed by atoms with Crippen LogP contribution < -0.4 is 5.32 Å². The van der Waals surface area contributed by atoms with E-state index in [1.54, 1.807) is 12.1 Å². The summed E-state index contributed by atoms with van der Waals surface area (Å²) in [6.07, 6.45) is 2.92. The number of carbonyl (C=O) groups excluding carboxylic acids is 1. The number of para-hydroxylation sites is 1. The van der Waals surface area contributed by atoms with E-state index >= 15 is 0 Å². The van der Waals surface area contributed by atoms with Crippen molar-refractivity contribution in [2.45, 2.75) is 45.7 Å². The SMILES string of the molecule is CCc1cccc(C)c1NC(=O)CN(Cc1c(F)cccc1Cl)C1CC1. The van der Waals surface area contributed by atoms with Gasteiger partial charge in [-0.3, -0.25) is 9.69 Å². The first-order valence-electron chi connectivity index (χ1n) is 9.05. The molecule has 0 spiro atoms. The van der Waals surface area contributed by atoms with Crippen molar-refractivity contribution in [3.63, 3.8) is 0 Å². The molecular formula is C21H24ClFN2O. The van der Waals surface area contributed by atoms with Crippen LogP contribution in [-0.2, 0) is 17.8 Å². The van der Waals surface area contributed by atoms with Crippen LogP contribution in [0.1, 0.15) is 36.5 Å². The van der Waals surface area contributed by atoms with Crippen molar-refractivity contribution in [3.05, 3.63) is 63.9 Å². The predicted molar refractivity (Wildman–Crippen MR) is 104 cm³/mol. The van der Waals surface area contributed by atoms with Gasteiger partial charge in [0, 0.05) is 28.9 Å². The second-order valence-corrected chi connectivity index (χ2v) is 7.25. The number of rotatable bonds is 7. The lowest BCUT2D eigenvalue weighted by Crippen LogP contribution is -2.35. The minimum absolute atomic E-state index is 0.0756. The smallest absolute Gasteiger partial charge is 0.238 e. The Hall–Kier alpha value is -1.91. The van der Waals surface area contributed by atoms with Crippen LogP contribution in [0.2, 0.25) is 5.02 Å². The fourth-order valence-electron chi connectivity index (χ4n) is 3.21. The Balaban J connectivity index is 1.72. The molecule has 3 nitrogen and oxygen atoms in total. The Morgan fingerprint density at radius 2 is 2.00 bits per heavy atom. The van der Waals surface area contributed by atoms with Gasteiger partial charge in [0.1, 0.15) is 5.82 Å². The number of aryl methyl sites for hydroxylation is 2. The lowest BCUT2D eigenvalue weighted by molar-refractivity contribution is -0.117. The van der Waals surface area contributed by atoms with Crippen molar-refractivity contribution in [1.82, 2.24) is 4.90 Å². The van der Waals surface area contributed by atoms with Crippen LogP contribution in [0.3, 0.4) is 0 Å². The first kappa shape index (κ1) is 18.9. The summed E-state index contributed by atoms with van der Waals surface area (Å²) in [4.78, 5) is 14.7. The molecule has 0 aliphatic heterocycles. The van der Waals surface area contributed by atoms with E-state index in [4.69, 9.17) is 11.6 Å². The highest BCUT2D eigenvalue weighted by atomic mass is 35.5. The molecule has 26 heavy (non-hydrogen) atoms. The van der Waals surface area contributed by atoms with Gasteiger partial charge in [0.15, 0.2) is 0 Å². The molecule has 1 saturated carbocycles. The van der Waals surface area contributed by atoms with Crippen molar-refractivity contribution in [3.8, 4) is 0 Å². The summed E-state index contributed by atoms with van der Waals surface area (Å²) >= 11 is 6.16. The fourth-order valence-corrected chi connectivity index (χ4v) is 3.43. The third kappa shape index (κ3) is 4.43. The third-order valence-electron chi connectivity index (χ3n) is 4.84. The maximum absolute atomic E-state index is 14.1. The topological polar surface area (TPSA) is 32.3 Å². The van der Waals surface area contributed by atoms with E-state index in [-0.39, 0.29) is 18.3 Å². The van der Waals surface area contributed by atoms with E-state index < -0.39 is 0 Å². The maximum atomic E-state index is 14.1. The minimum atomic E-state index is -0.323. The van der Waals surface area contributed by atoms with E-state index in [1.165, 1.54) is 6.07 Å². The minimum Gasteiger partial charge on any atom is -0.324 e. The van der Waals surface area contributed by atoms with Crippen molar-refractivity contribution in [2.24, 2.45) is 0 Å². The van der Waals surface area contributed by atoms with Gasteiger partial charge in [0.25, 0.3) is 0 Å². The van der Waals surface area contributed by atoms with Gasteiger partial charge in [-0.25, -0.2) is 4.39 Å². The van der Waals surface area contributed by atoms with E-state index in [1.807, 2.05) is 30.0 Å². The molecule has 1 N–H and O–H groups in total. The summed E-state index contributed by atoms with van der Waals surface area (Å²) in [7, 11) is 0. The standard InChI is InChI=1S/C21H24ClFN2O/c1-3-15-7-4-6-14(2)21(15)24-20(26)13-25(16-10-11-16)12-17-18(22)8-5-9-19(17)23/h4-9,16H,3,10-13H2,1-2H3,(H,24,26). The van der Waals surface area contributed by atoms with Gasteiger partial charge in [0.05, 0.1) is 6.54 Å². The molecule has 1 aliphatic rings. The summed E-state index contributed by atoms with van der Waals surface area (Å²) in [6, 6.07) is 11.0. The fraction of sp³-hybridized carbons (Fsp3) is 0.381. The van der Waals surface area contributed by atoms with E-state index in [0.29, 0.717) is 23.2 Å². The Labute approximate surface area is 159 Å². The number of benzene rings is 2. The summed E-state index contributed by atoms with van der Waals surface area (Å²) in [5.74, 6) is -0.399. The Kier molecular flexibility index (Phi) is 5.94. The number of hydrogen-bond donors (Lipinski definition) is 1. The second-order valence-electron chi connectivity index (χ2n) is 6.85. The average Bonchev–Trinajstić information content (AvgIpc) is 3.44. The zero-order valence-electron chi connectivity index (χ0n) is 15.2. The second kappa shape index (κ2) is 8.19. The van der Waals surface area contributed by atoms with Gasteiger partial charge in [0.2, 0.25) is 5.91 Å². The lowest BCUT2D eigenvalue weighted by Gasteiger charge is -2.23. The highest BCUT2D eigenvalue weighted by Gasteiger charge is 2.31. The molecule has 2 aromatic carbocycles. The van der Waals surface area contributed by atoms with Crippen LogP contribution in [0.4, 0.5) is 10.1 Å². The zero-order valence-corrected chi connectivity index (χ0v) is 15.9. The molecular weight excluding hydrogens is 351 g/mol. The first-order chi connectivity index (χ1) is 12.5. The van der Waals surface area contributed by atoms with Crippen LogP contribution in [-0.4, -0.2) is 23.4 Å². The Bertz CT molecular complexity index is 784. The van der Waals surface area contributed by atoms with Gasteiger partial charge in [-0.1, -0.05) is 42.8 Å². The molecule has 138 valence electrons. The van der Waals surface area contributed by atoms with Gasteiger partial charge >= 0.3 is 0 Å². The number of amides is 1. The predicted octanol–water partition coefficient (Wildman–Crippen LogP) is 4.95. The summed E-state index contributed by atoms with van der Waals surface area (Å²) < 4.78 is 14.1. The quantitative estimate of drug-likeness (QED) is 0.743. The summed E-state index contributed by atoms with van der Waals surface area (Å²) in [5.41, 5.74) is 3.51. The number of nitrogens with one attached hydrogen (secondary N) is 1. The van der Waals surface area contributed by atoms with Crippen molar-refractivity contribution < 1.29 is 9.18 Å². The monoisotopic (exact) mass is 374 g/mol. The number of hydrogen-bond acceptors (Lipinski definition) is 2. The molecule has 3 rings (SSSR count). The van der Waals surface area contributed by atoms with Crippen molar-refractivity contribution in [1.29, 1.82) is 0 Å². The summed E-state index contributed by atoms with van der Waals surface area (Å²) in [5, 5.41) is 3.46. The van der Waals surface area contributed by atoms with Crippen LogP contribution in [0.15, 0.2) is 36.4 Å². The van der Waals surface area contributed by atoms with Gasteiger partial charge in [-0.15, -0.1) is 0 Å². The molecule has 5 heteroatoms. The van der Waals surface area contributed by atoms with Crippen LogP contribution >= 0.6 is 11.6 Å². The highest BCUT2D eigenvalue weighted by Crippen LogP contribution is 2.30. The zero-order chi connectivity index (χ0) is 18.7. The van der Waals surface area contributed by atoms with Crippen molar-refractivity contribution in [2.75, 3.05) is 11.9 Å². The third-order valence-corrected chi connectivity index (χ3v) is 5.19. The molecule has 1 fully saturated rings. The van der Waals surface area contributed by atoms with Gasteiger partial charge in [-0.05, 0) is 49.4 Å². The van der Waals surface area contributed by atoms with Crippen LogP contribution in [0.25, 0.3) is 0 Å². The molecule has 0 bridgehead atoms. The molecule has 0 heterocycles. The molecule has 2 aromatic rings. The normalized spacial score (nSPS) is 13.9. The number of anilines is 1. The molecule has 0 unspecified atom stereocenters.